The van der Waals surface area contributed by atoms with Crippen LogP contribution in [-0.4, -0.2) is 0 Å². The second-order valence-electron chi connectivity index (χ2n) is 16.0. The lowest BCUT2D eigenvalue weighted by atomic mass is 9.67. The van der Waals surface area contributed by atoms with Gasteiger partial charge >= 0.3 is 0 Å². The average Bonchev–Trinajstić information content (AvgIpc) is 3.86. The third-order valence-corrected chi connectivity index (χ3v) is 12.8. The Morgan fingerprint density at radius 1 is 0.328 bits per heavy atom. The first kappa shape index (κ1) is 35.0. The molecule has 0 fully saturated rings. The van der Waals surface area contributed by atoms with E-state index in [9.17, 15) is 0 Å². The number of furan rings is 1. The molecule has 2 nitrogen and oxygen atoms in total. The van der Waals surface area contributed by atoms with Crippen LogP contribution in [0.25, 0.3) is 66.1 Å². The lowest BCUT2D eigenvalue weighted by molar-refractivity contribution is 0.648. The highest BCUT2D eigenvalue weighted by atomic mass is 16.3. The number of rotatable bonds is 7. The summed E-state index contributed by atoms with van der Waals surface area (Å²) >= 11 is 0. The summed E-state index contributed by atoms with van der Waals surface area (Å²) in [4.78, 5) is 2.34. The van der Waals surface area contributed by atoms with Crippen LogP contribution in [-0.2, 0) is 5.41 Å². The Bertz CT molecular complexity index is 3350. The van der Waals surface area contributed by atoms with Gasteiger partial charge in [-0.05, 0) is 97.2 Å². The zero-order chi connectivity index (χ0) is 40.3. The van der Waals surface area contributed by atoms with E-state index in [4.69, 9.17) is 4.42 Å². The summed E-state index contributed by atoms with van der Waals surface area (Å²) in [6, 6.07) is 85.6. The van der Waals surface area contributed by atoms with Crippen molar-refractivity contribution in [3.8, 4) is 33.4 Å². The lowest BCUT2D eigenvalue weighted by Gasteiger charge is -2.33. The Hall–Kier alpha value is -7.94. The maximum atomic E-state index is 7.20. The predicted molar refractivity (Wildman–Crippen MR) is 254 cm³/mol. The molecule has 61 heavy (non-hydrogen) atoms. The molecular formula is C59H39NO. The molecule has 0 amide bonds. The monoisotopic (exact) mass is 777 g/mol. The van der Waals surface area contributed by atoms with Crippen molar-refractivity contribution in [1.82, 2.24) is 0 Å². The highest BCUT2D eigenvalue weighted by Gasteiger charge is 2.47. The Balaban J connectivity index is 1.03. The zero-order valence-corrected chi connectivity index (χ0v) is 33.4. The summed E-state index contributed by atoms with van der Waals surface area (Å²) in [7, 11) is 0. The number of fused-ring (bicyclic) bond motifs is 7. The molecule has 1 aliphatic carbocycles. The molecule has 0 aliphatic heterocycles. The first-order chi connectivity index (χ1) is 30.3. The van der Waals surface area contributed by atoms with Gasteiger partial charge in [0.2, 0.25) is 0 Å². The van der Waals surface area contributed by atoms with Crippen LogP contribution in [0.5, 0.6) is 0 Å². The van der Waals surface area contributed by atoms with E-state index in [0.717, 1.165) is 44.6 Å². The van der Waals surface area contributed by atoms with Crippen molar-refractivity contribution < 1.29 is 4.42 Å². The van der Waals surface area contributed by atoms with E-state index in [1.54, 1.807) is 0 Å². The van der Waals surface area contributed by atoms with Crippen molar-refractivity contribution >= 4 is 49.8 Å². The number of hydrogen-bond acceptors (Lipinski definition) is 2. The summed E-state index contributed by atoms with van der Waals surface area (Å²) < 4.78 is 7.20. The minimum atomic E-state index is -0.566. The van der Waals surface area contributed by atoms with E-state index in [1.165, 1.54) is 60.8 Å². The van der Waals surface area contributed by atoms with Gasteiger partial charge in [-0.1, -0.05) is 194 Å². The number of hydrogen-bond donors (Lipinski definition) is 0. The Morgan fingerprint density at radius 3 is 1.56 bits per heavy atom. The van der Waals surface area contributed by atoms with Crippen LogP contribution in [0.15, 0.2) is 241 Å². The average molecular weight is 778 g/mol. The number of anilines is 3. The molecule has 2 heteroatoms. The Labute approximate surface area is 355 Å². The molecule has 0 radical (unpaired) electrons. The van der Waals surface area contributed by atoms with Crippen LogP contribution in [0.2, 0.25) is 0 Å². The van der Waals surface area contributed by atoms with Crippen LogP contribution in [0.1, 0.15) is 22.3 Å². The van der Waals surface area contributed by atoms with Crippen molar-refractivity contribution in [1.29, 1.82) is 0 Å². The SMILES string of the molecule is c1ccc(-c2ccc(N(c3ccc(-c4cccc5ccccc45)cc3)c3ccc4c(c3)oc3c(C5(c6ccccc6)c6ccccc6-c6ccccc65)cccc34)cc2)cc1. The molecule has 1 heterocycles. The van der Waals surface area contributed by atoms with Gasteiger partial charge in [-0.15, -0.1) is 0 Å². The quantitative estimate of drug-likeness (QED) is 0.160. The topological polar surface area (TPSA) is 16.4 Å². The normalized spacial score (nSPS) is 12.7. The molecule has 11 aromatic rings. The molecule has 0 atom stereocenters. The molecule has 12 rings (SSSR count). The summed E-state index contributed by atoms with van der Waals surface area (Å²) in [6.07, 6.45) is 0. The summed E-state index contributed by atoms with van der Waals surface area (Å²) in [5.74, 6) is 0. The standard InChI is InChI=1S/C59H39NO/c1-3-15-40(16-4-1)41-29-33-45(34-30-41)60(46-35-31-43(32-36-46)49-24-13-18-42-17-7-8-21-48(42)49)47-37-38-52-53-25-14-28-56(58(53)61-57(52)39-47)59(44-19-5-2-6-20-44)54-26-11-9-22-50(54)51-23-10-12-27-55(51)59/h1-39H. The fourth-order valence-corrected chi connectivity index (χ4v) is 10.0. The molecule has 10 aromatic carbocycles. The number of benzene rings is 10. The van der Waals surface area contributed by atoms with Gasteiger partial charge in [0, 0.05) is 39.5 Å². The number of para-hydroxylation sites is 1. The van der Waals surface area contributed by atoms with Crippen molar-refractivity contribution in [3.05, 3.63) is 259 Å². The van der Waals surface area contributed by atoms with Gasteiger partial charge in [0.05, 0.1) is 5.41 Å². The van der Waals surface area contributed by atoms with Crippen molar-refractivity contribution in [2.45, 2.75) is 5.41 Å². The van der Waals surface area contributed by atoms with Gasteiger partial charge in [-0.3, -0.25) is 0 Å². The highest BCUT2D eigenvalue weighted by Crippen LogP contribution is 2.57. The summed E-state index contributed by atoms with van der Waals surface area (Å²) in [5.41, 5.74) is 16.6. The van der Waals surface area contributed by atoms with E-state index < -0.39 is 5.41 Å². The van der Waals surface area contributed by atoms with E-state index in [2.05, 4.69) is 241 Å². The van der Waals surface area contributed by atoms with Crippen LogP contribution in [0, 0.1) is 0 Å². The number of nitrogens with zero attached hydrogens (tertiary/aromatic N) is 1. The smallest absolute Gasteiger partial charge is 0.140 e. The summed E-state index contributed by atoms with van der Waals surface area (Å²) in [6.45, 7) is 0. The molecule has 1 aromatic heterocycles. The van der Waals surface area contributed by atoms with E-state index in [1.807, 2.05) is 0 Å². The van der Waals surface area contributed by atoms with Gasteiger partial charge in [0.15, 0.2) is 0 Å². The first-order valence-corrected chi connectivity index (χ1v) is 21.0. The summed E-state index contributed by atoms with van der Waals surface area (Å²) in [5, 5.41) is 4.69. The molecule has 0 N–H and O–H groups in total. The highest BCUT2D eigenvalue weighted by molar-refractivity contribution is 6.08. The molecule has 0 saturated carbocycles. The zero-order valence-electron chi connectivity index (χ0n) is 33.4. The van der Waals surface area contributed by atoms with Crippen LogP contribution >= 0.6 is 0 Å². The molecule has 0 unspecified atom stereocenters. The minimum Gasteiger partial charge on any atom is -0.456 e. The van der Waals surface area contributed by atoms with Crippen molar-refractivity contribution in [3.63, 3.8) is 0 Å². The van der Waals surface area contributed by atoms with Crippen LogP contribution in [0.4, 0.5) is 17.1 Å². The largest absolute Gasteiger partial charge is 0.456 e. The van der Waals surface area contributed by atoms with E-state index in [-0.39, 0.29) is 0 Å². The molecular weight excluding hydrogens is 739 g/mol. The molecule has 1 aliphatic rings. The van der Waals surface area contributed by atoms with Crippen LogP contribution < -0.4 is 4.90 Å². The molecule has 0 bridgehead atoms. The fourth-order valence-electron chi connectivity index (χ4n) is 10.0. The van der Waals surface area contributed by atoms with Gasteiger partial charge in [0.25, 0.3) is 0 Å². The third-order valence-electron chi connectivity index (χ3n) is 12.8. The van der Waals surface area contributed by atoms with Crippen LogP contribution in [0.3, 0.4) is 0 Å². The fraction of sp³-hybridized carbons (Fsp3) is 0.0169. The molecule has 0 spiro atoms. The molecule has 0 saturated heterocycles. The van der Waals surface area contributed by atoms with Gasteiger partial charge in [-0.2, -0.15) is 0 Å². The third kappa shape index (κ3) is 5.50. The van der Waals surface area contributed by atoms with Gasteiger partial charge in [0.1, 0.15) is 11.2 Å². The van der Waals surface area contributed by atoms with Gasteiger partial charge in [-0.25, -0.2) is 0 Å². The first-order valence-electron chi connectivity index (χ1n) is 21.0. The second kappa shape index (κ2) is 14.1. The van der Waals surface area contributed by atoms with E-state index >= 15 is 0 Å². The van der Waals surface area contributed by atoms with E-state index in [0.29, 0.717) is 0 Å². The second-order valence-corrected chi connectivity index (χ2v) is 16.0. The Morgan fingerprint density at radius 2 is 0.836 bits per heavy atom. The van der Waals surface area contributed by atoms with Crippen molar-refractivity contribution in [2.24, 2.45) is 0 Å². The lowest BCUT2D eigenvalue weighted by Crippen LogP contribution is -2.28. The molecule has 286 valence electrons. The maximum Gasteiger partial charge on any atom is 0.140 e. The maximum absolute atomic E-state index is 7.20. The predicted octanol–water partition coefficient (Wildman–Crippen LogP) is 15.9. The minimum absolute atomic E-state index is 0.566. The Kier molecular flexibility index (Phi) is 8.11. The van der Waals surface area contributed by atoms with Crippen molar-refractivity contribution in [2.75, 3.05) is 4.90 Å². The van der Waals surface area contributed by atoms with Gasteiger partial charge < -0.3 is 9.32 Å².